The molecule has 0 bridgehead atoms. The summed E-state index contributed by atoms with van der Waals surface area (Å²) in [5, 5.41) is 0. The molecule has 1 heterocycles. The van der Waals surface area contributed by atoms with Crippen molar-refractivity contribution in [2.45, 2.75) is 32.2 Å². The summed E-state index contributed by atoms with van der Waals surface area (Å²) in [6.45, 7) is 6.76. The highest BCUT2D eigenvalue weighted by Crippen LogP contribution is 2.15. The maximum absolute atomic E-state index is 5.76. The highest BCUT2D eigenvalue weighted by Gasteiger charge is 2.22. The van der Waals surface area contributed by atoms with Crippen molar-refractivity contribution in [1.82, 2.24) is 9.80 Å². The van der Waals surface area contributed by atoms with Crippen LogP contribution in [0.25, 0.3) is 0 Å². The van der Waals surface area contributed by atoms with Crippen LogP contribution in [0.3, 0.4) is 0 Å². The van der Waals surface area contributed by atoms with E-state index in [0.717, 1.165) is 12.6 Å². The fourth-order valence-electron chi connectivity index (χ4n) is 2.35. The van der Waals surface area contributed by atoms with Crippen molar-refractivity contribution in [2.24, 2.45) is 11.7 Å². The van der Waals surface area contributed by atoms with Gasteiger partial charge in [-0.15, -0.1) is 0 Å². The van der Waals surface area contributed by atoms with Gasteiger partial charge in [0, 0.05) is 19.1 Å². The van der Waals surface area contributed by atoms with Gasteiger partial charge in [0.1, 0.15) is 0 Å². The Morgan fingerprint density at radius 3 is 2.73 bits per heavy atom. The first-order valence-corrected chi connectivity index (χ1v) is 6.26. The van der Waals surface area contributed by atoms with Crippen LogP contribution in [0.1, 0.15) is 26.2 Å². The molecule has 15 heavy (non-hydrogen) atoms. The Morgan fingerprint density at radius 2 is 2.20 bits per heavy atom. The van der Waals surface area contributed by atoms with Gasteiger partial charge in [-0.3, -0.25) is 0 Å². The normalized spacial score (nSPS) is 25.8. The van der Waals surface area contributed by atoms with Gasteiger partial charge in [0.2, 0.25) is 0 Å². The molecule has 0 radical (unpaired) electrons. The van der Waals surface area contributed by atoms with Gasteiger partial charge >= 0.3 is 0 Å². The Morgan fingerprint density at radius 1 is 1.47 bits per heavy atom. The van der Waals surface area contributed by atoms with Crippen LogP contribution in [-0.4, -0.2) is 56.1 Å². The van der Waals surface area contributed by atoms with Crippen molar-refractivity contribution in [3.63, 3.8) is 0 Å². The fourth-order valence-corrected chi connectivity index (χ4v) is 2.35. The summed E-state index contributed by atoms with van der Waals surface area (Å²) in [6, 6.07) is 0.744. The number of hydrogen-bond donors (Lipinski definition) is 1. The lowest BCUT2D eigenvalue weighted by molar-refractivity contribution is 0.118. The number of nitrogens with zero attached hydrogens (tertiary/aromatic N) is 2. The predicted molar refractivity (Wildman–Crippen MR) is 66.0 cm³/mol. The molecule has 2 unspecified atom stereocenters. The van der Waals surface area contributed by atoms with Gasteiger partial charge in [-0.2, -0.15) is 0 Å². The summed E-state index contributed by atoms with van der Waals surface area (Å²) in [6.07, 6.45) is 3.90. The molecule has 0 saturated carbocycles. The third kappa shape index (κ3) is 4.09. The molecule has 1 aliphatic heterocycles. The molecule has 0 aromatic heterocycles. The first-order valence-electron chi connectivity index (χ1n) is 6.26. The summed E-state index contributed by atoms with van der Waals surface area (Å²) < 4.78 is 0. The lowest BCUT2D eigenvalue weighted by Gasteiger charge is -2.37. The van der Waals surface area contributed by atoms with E-state index in [0.29, 0.717) is 5.92 Å². The highest BCUT2D eigenvalue weighted by molar-refractivity contribution is 4.79. The zero-order valence-corrected chi connectivity index (χ0v) is 10.6. The first-order chi connectivity index (χ1) is 7.17. The molecule has 0 aliphatic carbocycles. The first kappa shape index (κ1) is 12.9. The van der Waals surface area contributed by atoms with Gasteiger partial charge in [0.25, 0.3) is 0 Å². The maximum atomic E-state index is 5.76. The number of likely N-dealkylation sites (tertiary alicyclic amines) is 1. The van der Waals surface area contributed by atoms with Gasteiger partial charge in [0.15, 0.2) is 0 Å². The number of piperidine rings is 1. The third-order valence-electron chi connectivity index (χ3n) is 3.64. The molecule has 0 spiro atoms. The SMILES string of the molecule is CCC(CN)CN1CCCC(N(C)C)C1. The predicted octanol–water partition coefficient (Wildman–Crippen LogP) is 0.997. The maximum Gasteiger partial charge on any atom is 0.0217 e. The quantitative estimate of drug-likeness (QED) is 0.739. The minimum absolute atomic E-state index is 0.686. The van der Waals surface area contributed by atoms with E-state index in [1.165, 1.54) is 38.9 Å². The summed E-state index contributed by atoms with van der Waals surface area (Å²) in [5.74, 6) is 0.686. The smallest absolute Gasteiger partial charge is 0.0217 e. The van der Waals surface area contributed by atoms with Gasteiger partial charge in [-0.1, -0.05) is 13.3 Å². The molecule has 3 heteroatoms. The van der Waals surface area contributed by atoms with Crippen molar-refractivity contribution in [3.8, 4) is 0 Å². The van der Waals surface area contributed by atoms with Crippen LogP contribution in [0, 0.1) is 5.92 Å². The zero-order valence-electron chi connectivity index (χ0n) is 10.6. The average Bonchev–Trinajstić information content (AvgIpc) is 2.26. The lowest BCUT2D eigenvalue weighted by Crippen LogP contribution is -2.47. The molecular formula is C12H27N3. The minimum atomic E-state index is 0.686. The summed E-state index contributed by atoms with van der Waals surface area (Å²) in [4.78, 5) is 4.95. The third-order valence-corrected chi connectivity index (χ3v) is 3.64. The van der Waals surface area contributed by atoms with Gasteiger partial charge in [0.05, 0.1) is 0 Å². The Hall–Kier alpha value is -0.120. The Balaban J connectivity index is 2.35. The second-order valence-corrected chi connectivity index (χ2v) is 5.03. The Bertz CT molecular complexity index is 164. The van der Waals surface area contributed by atoms with Crippen LogP contribution >= 0.6 is 0 Å². The van der Waals surface area contributed by atoms with E-state index >= 15 is 0 Å². The largest absolute Gasteiger partial charge is 0.330 e. The van der Waals surface area contributed by atoms with Gasteiger partial charge in [-0.25, -0.2) is 0 Å². The molecule has 1 rings (SSSR count). The Kier molecular flexibility index (Phi) is 5.58. The van der Waals surface area contributed by atoms with Crippen LogP contribution in [0.4, 0.5) is 0 Å². The molecule has 2 atom stereocenters. The standard InChI is InChI=1S/C12H27N3/c1-4-11(8-13)9-15-7-5-6-12(10-15)14(2)3/h11-12H,4-10,13H2,1-3H3. The fraction of sp³-hybridized carbons (Fsp3) is 1.00. The van der Waals surface area contributed by atoms with Crippen molar-refractivity contribution in [2.75, 3.05) is 40.3 Å². The second-order valence-electron chi connectivity index (χ2n) is 5.03. The lowest BCUT2D eigenvalue weighted by atomic mass is 10.0. The summed E-state index contributed by atoms with van der Waals surface area (Å²) in [7, 11) is 4.38. The molecule has 0 amide bonds. The van der Waals surface area contributed by atoms with Crippen LogP contribution in [-0.2, 0) is 0 Å². The van der Waals surface area contributed by atoms with Crippen molar-refractivity contribution in [3.05, 3.63) is 0 Å². The molecule has 1 fully saturated rings. The van der Waals surface area contributed by atoms with Crippen LogP contribution in [0.5, 0.6) is 0 Å². The highest BCUT2D eigenvalue weighted by atomic mass is 15.2. The monoisotopic (exact) mass is 213 g/mol. The molecule has 1 saturated heterocycles. The molecule has 0 aromatic carbocycles. The van der Waals surface area contributed by atoms with Gasteiger partial charge in [-0.05, 0) is 45.9 Å². The summed E-state index contributed by atoms with van der Waals surface area (Å²) in [5.41, 5.74) is 5.76. The number of nitrogens with two attached hydrogens (primary N) is 1. The van der Waals surface area contributed by atoms with Crippen LogP contribution < -0.4 is 5.73 Å². The van der Waals surface area contributed by atoms with Crippen molar-refractivity contribution in [1.29, 1.82) is 0 Å². The van der Waals surface area contributed by atoms with Crippen molar-refractivity contribution >= 4 is 0 Å². The summed E-state index contributed by atoms with van der Waals surface area (Å²) >= 11 is 0. The van der Waals surface area contributed by atoms with E-state index in [1.807, 2.05) is 0 Å². The van der Waals surface area contributed by atoms with E-state index in [9.17, 15) is 0 Å². The topological polar surface area (TPSA) is 32.5 Å². The van der Waals surface area contributed by atoms with Crippen molar-refractivity contribution < 1.29 is 0 Å². The van der Waals surface area contributed by atoms with E-state index in [1.54, 1.807) is 0 Å². The van der Waals surface area contributed by atoms with Crippen LogP contribution in [0.2, 0.25) is 0 Å². The van der Waals surface area contributed by atoms with E-state index in [-0.39, 0.29) is 0 Å². The molecule has 3 nitrogen and oxygen atoms in total. The van der Waals surface area contributed by atoms with E-state index in [2.05, 4.69) is 30.8 Å². The Labute approximate surface area is 94.6 Å². The number of rotatable bonds is 5. The average molecular weight is 213 g/mol. The zero-order chi connectivity index (χ0) is 11.3. The van der Waals surface area contributed by atoms with E-state index in [4.69, 9.17) is 5.73 Å². The molecule has 0 aromatic rings. The number of hydrogen-bond acceptors (Lipinski definition) is 3. The van der Waals surface area contributed by atoms with E-state index < -0.39 is 0 Å². The molecular weight excluding hydrogens is 186 g/mol. The number of likely N-dealkylation sites (N-methyl/N-ethyl adjacent to an activating group) is 1. The van der Waals surface area contributed by atoms with Crippen LogP contribution in [0.15, 0.2) is 0 Å². The molecule has 90 valence electrons. The van der Waals surface area contributed by atoms with Gasteiger partial charge < -0.3 is 15.5 Å². The minimum Gasteiger partial charge on any atom is -0.330 e. The molecule has 1 aliphatic rings. The second kappa shape index (κ2) is 6.46. The molecule has 2 N–H and O–H groups in total.